The molecule has 2 rings (SSSR count). The van der Waals surface area contributed by atoms with Gasteiger partial charge in [0.25, 0.3) is 0 Å². The summed E-state index contributed by atoms with van der Waals surface area (Å²) in [5, 5.41) is 13.9. The highest BCUT2D eigenvalue weighted by atomic mass is 79.9. The maximum absolute atomic E-state index is 9.69. The van der Waals surface area contributed by atoms with Crippen LogP contribution >= 0.6 is 43.5 Å². The molecule has 0 saturated heterocycles. The fourth-order valence-corrected chi connectivity index (χ4v) is 3.27. The Morgan fingerprint density at radius 2 is 1.70 bits per heavy atom. The first-order valence-electron chi connectivity index (χ1n) is 6.13. The van der Waals surface area contributed by atoms with E-state index in [1.807, 2.05) is 36.4 Å². The quantitative estimate of drug-likeness (QED) is 0.693. The van der Waals surface area contributed by atoms with Crippen molar-refractivity contribution < 1.29 is 5.11 Å². The Balaban J connectivity index is 2.03. The van der Waals surface area contributed by atoms with Crippen LogP contribution in [0.2, 0.25) is 5.02 Å². The van der Waals surface area contributed by atoms with E-state index >= 15 is 0 Å². The predicted molar refractivity (Wildman–Crippen MR) is 90.2 cm³/mol. The highest BCUT2D eigenvalue weighted by Gasteiger charge is 2.08. The van der Waals surface area contributed by atoms with Crippen LogP contribution in [0.15, 0.2) is 45.3 Å². The molecule has 0 unspecified atom stereocenters. The lowest BCUT2D eigenvalue weighted by atomic mass is 10.1. The van der Waals surface area contributed by atoms with E-state index in [2.05, 4.69) is 44.1 Å². The summed E-state index contributed by atoms with van der Waals surface area (Å²) in [7, 11) is 0. The van der Waals surface area contributed by atoms with Crippen molar-refractivity contribution >= 4 is 43.5 Å². The van der Waals surface area contributed by atoms with E-state index in [-0.39, 0.29) is 11.8 Å². The topological polar surface area (TPSA) is 32.3 Å². The summed E-state index contributed by atoms with van der Waals surface area (Å²) in [6.45, 7) is 2.81. The van der Waals surface area contributed by atoms with Gasteiger partial charge in [-0.25, -0.2) is 0 Å². The van der Waals surface area contributed by atoms with Gasteiger partial charge >= 0.3 is 0 Å². The van der Waals surface area contributed by atoms with Crippen molar-refractivity contribution in [2.24, 2.45) is 0 Å². The van der Waals surface area contributed by atoms with E-state index < -0.39 is 0 Å². The molecule has 20 heavy (non-hydrogen) atoms. The van der Waals surface area contributed by atoms with Gasteiger partial charge in [0, 0.05) is 17.6 Å². The number of benzene rings is 2. The third kappa shape index (κ3) is 3.98. The zero-order valence-corrected chi connectivity index (χ0v) is 14.8. The number of hydrogen-bond donors (Lipinski definition) is 2. The largest absolute Gasteiger partial charge is 0.506 e. The molecule has 0 aromatic heterocycles. The van der Waals surface area contributed by atoms with E-state index in [4.69, 9.17) is 11.6 Å². The van der Waals surface area contributed by atoms with Crippen molar-refractivity contribution in [1.82, 2.24) is 5.32 Å². The number of rotatable bonds is 4. The smallest absolute Gasteiger partial charge is 0.143 e. The lowest BCUT2D eigenvalue weighted by Gasteiger charge is -2.15. The molecule has 0 saturated carbocycles. The summed E-state index contributed by atoms with van der Waals surface area (Å²) in [6, 6.07) is 11.8. The molecule has 0 aliphatic heterocycles. The number of phenols is 1. The van der Waals surface area contributed by atoms with Gasteiger partial charge in [-0.1, -0.05) is 23.7 Å². The maximum Gasteiger partial charge on any atom is 0.143 e. The van der Waals surface area contributed by atoms with Gasteiger partial charge in [-0.2, -0.15) is 0 Å². The highest BCUT2D eigenvalue weighted by molar-refractivity contribution is 9.11. The zero-order chi connectivity index (χ0) is 14.7. The standard InChI is InChI=1S/C15H14Br2ClNO/c1-9(11-2-4-12(18)5-3-11)19-8-10-6-13(16)15(20)14(17)7-10/h2-7,9,19-20H,8H2,1H3/t9-/m0/s1. The second kappa shape index (κ2) is 6.94. The average Bonchev–Trinajstić information content (AvgIpc) is 2.42. The van der Waals surface area contributed by atoms with Crippen LogP contribution in [0.3, 0.4) is 0 Å². The molecular weight excluding hydrogens is 405 g/mol. The second-order valence-electron chi connectivity index (χ2n) is 4.56. The van der Waals surface area contributed by atoms with E-state index in [9.17, 15) is 5.11 Å². The Morgan fingerprint density at radius 3 is 2.25 bits per heavy atom. The SMILES string of the molecule is C[C@H](NCc1cc(Br)c(O)c(Br)c1)c1ccc(Cl)cc1. The molecular formula is C15H14Br2ClNO. The average molecular weight is 420 g/mol. The molecule has 0 spiro atoms. The Hall–Kier alpha value is -0.550. The Morgan fingerprint density at radius 1 is 1.15 bits per heavy atom. The van der Waals surface area contributed by atoms with Crippen molar-refractivity contribution in [1.29, 1.82) is 0 Å². The lowest BCUT2D eigenvalue weighted by Crippen LogP contribution is -2.18. The van der Waals surface area contributed by atoms with E-state index in [0.29, 0.717) is 15.5 Å². The molecule has 5 heteroatoms. The minimum Gasteiger partial charge on any atom is -0.506 e. The highest BCUT2D eigenvalue weighted by Crippen LogP contribution is 2.33. The number of hydrogen-bond acceptors (Lipinski definition) is 2. The monoisotopic (exact) mass is 417 g/mol. The van der Waals surface area contributed by atoms with Crippen LogP contribution in [0.4, 0.5) is 0 Å². The molecule has 0 radical (unpaired) electrons. The number of phenolic OH excluding ortho intramolecular Hbond substituents is 1. The molecule has 2 aromatic carbocycles. The molecule has 106 valence electrons. The zero-order valence-electron chi connectivity index (χ0n) is 10.8. The molecule has 0 aliphatic rings. The van der Waals surface area contributed by atoms with Crippen molar-refractivity contribution in [2.75, 3.05) is 0 Å². The third-order valence-corrected chi connectivity index (χ3v) is 4.52. The fraction of sp³-hybridized carbons (Fsp3) is 0.200. The van der Waals surface area contributed by atoms with Crippen LogP contribution in [-0.2, 0) is 6.54 Å². The Labute approximate surface area is 140 Å². The minimum absolute atomic E-state index is 0.221. The van der Waals surface area contributed by atoms with E-state index in [1.165, 1.54) is 5.56 Å². The van der Waals surface area contributed by atoms with Crippen molar-refractivity contribution in [3.05, 3.63) is 61.5 Å². The first-order valence-corrected chi connectivity index (χ1v) is 8.09. The van der Waals surface area contributed by atoms with E-state index in [0.717, 1.165) is 10.6 Å². The predicted octanol–water partition coefficient (Wildman–Crippen LogP) is 5.42. The number of nitrogens with one attached hydrogen (secondary N) is 1. The molecule has 2 N–H and O–H groups in total. The Kier molecular flexibility index (Phi) is 5.49. The van der Waals surface area contributed by atoms with Gasteiger partial charge in [0.05, 0.1) is 8.95 Å². The van der Waals surface area contributed by atoms with Crippen LogP contribution < -0.4 is 5.32 Å². The minimum atomic E-state index is 0.221. The van der Waals surface area contributed by atoms with Gasteiger partial charge < -0.3 is 10.4 Å². The van der Waals surface area contributed by atoms with Crippen LogP contribution in [0.1, 0.15) is 24.1 Å². The third-order valence-electron chi connectivity index (χ3n) is 3.06. The van der Waals surface area contributed by atoms with E-state index in [1.54, 1.807) is 0 Å². The summed E-state index contributed by atoms with van der Waals surface area (Å²) >= 11 is 12.6. The molecule has 0 aliphatic carbocycles. The first kappa shape index (κ1) is 15.8. The van der Waals surface area contributed by atoms with Crippen LogP contribution in [0.5, 0.6) is 5.75 Å². The molecule has 2 aromatic rings. The van der Waals surface area contributed by atoms with Crippen molar-refractivity contribution in [3.63, 3.8) is 0 Å². The fourth-order valence-electron chi connectivity index (χ4n) is 1.86. The molecule has 0 bridgehead atoms. The summed E-state index contributed by atoms with van der Waals surface area (Å²) < 4.78 is 1.37. The van der Waals surface area contributed by atoms with Crippen LogP contribution in [0, 0.1) is 0 Å². The summed E-state index contributed by atoms with van der Waals surface area (Å²) in [4.78, 5) is 0. The number of halogens is 3. The van der Waals surface area contributed by atoms with Crippen LogP contribution in [0.25, 0.3) is 0 Å². The second-order valence-corrected chi connectivity index (χ2v) is 6.71. The molecule has 0 fully saturated rings. The van der Waals surface area contributed by atoms with Crippen LogP contribution in [-0.4, -0.2) is 5.11 Å². The van der Waals surface area contributed by atoms with Gasteiger partial charge in [0.1, 0.15) is 5.75 Å². The normalized spacial score (nSPS) is 12.4. The van der Waals surface area contributed by atoms with Gasteiger partial charge in [-0.3, -0.25) is 0 Å². The van der Waals surface area contributed by atoms with Gasteiger partial charge in [-0.05, 0) is 74.2 Å². The summed E-state index contributed by atoms with van der Waals surface area (Å²) in [5.74, 6) is 0.222. The van der Waals surface area contributed by atoms with Gasteiger partial charge in [0.2, 0.25) is 0 Å². The van der Waals surface area contributed by atoms with Crippen molar-refractivity contribution in [2.45, 2.75) is 19.5 Å². The van der Waals surface area contributed by atoms with Gasteiger partial charge in [0.15, 0.2) is 0 Å². The molecule has 1 atom stereocenters. The van der Waals surface area contributed by atoms with Gasteiger partial charge in [-0.15, -0.1) is 0 Å². The summed E-state index contributed by atoms with van der Waals surface area (Å²) in [5.41, 5.74) is 2.27. The number of aromatic hydroxyl groups is 1. The first-order chi connectivity index (χ1) is 9.47. The molecule has 0 heterocycles. The Bertz CT molecular complexity index is 578. The molecule has 0 amide bonds. The summed E-state index contributed by atoms with van der Waals surface area (Å²) in [6.07, 6.45) is 0. The van der Waals surface area contributed by atoms with Crippen molar-refractivity contribution in [3.8, 4) is 5.75 Å². The maximum atomic E-state index is 9.69. The molecule has 2 nitrogen and oxygen atoms in total. The lowest BCUT2D eigenvalue weighted by molar-refractivity contribution is 0.467.